The van der Waals surface area contributed by atoms with Gasteiger partial charge in [0.2, 0.25) is 0 Å². The number of carbonyl (C=O) groups excluding carboxylic acids is 1. The summed E-state index contributed by atoms with van der Waals surface area (Å²) in [6.45, 7) is 7.36. The third-order valence-corrected chi connectivity index (χ3v) is 10.5. The second kappa shape index (κ2) is 7.33. The molecule has 0 unspecified atom stereocenters. The maximum absolute atomic E-state index is 13.4. The van der Waals surface area contributed by atoms with Crippen molar-refractivity contribution in [1.29, 1.82) is 0 Å². The van der Waals surface area contributed by atoms with Gasteiger partial charge in [0.05, 0.1) is 31.6 Å². The minimum atomic E-state index is -0.472. The molecule has 0 bridgehead atoms. The van der Waals surface area contributed by atoms with E-state index in [1.54, 1.807) is 18.0 Å². The summed E-state index contributed by atoms with van der Waals surface area (Å²) < 4.78 is 6.96. The Labute approximate surface area is 186 Å². The molecule has 0 spiro atoms. The Kier molecular flexibility index (Phi) is 5.08. The zero-order valence-corrected chi connectivity index (χ0v) is 19.8. The largest absolute Gasteiger partial charge is 0.493 e. The first-order chi connectivity index (χ1) is 14.7. The zero-order chi connectivity index (χ0) is 22.0. The van der Waals surface area contributed by atoms with Crippen LogP contribution in [0.15, 0.2) is 12.4 Å². The molecule has 4 fully saturated rings. The van der Waals surface area contributed by atoms with Gasteiger partial charge in [-0.3, -0.25) is 9.48 Å². The summed E-state index contributed by atoms with van der Waals surface area (Å²) in [5.41, 5.74) is 0.0410. The Morgan fingerprint density at radius 1 is 1.10 bits per heavy atom. The van der Waals surface area contributed by atoms with E-state index in [9.17, 15) is 9.90 Å². The number of hydrogen-bond acceptors (Lipinski definition) is 4. The summed E-state index contributed by atoms with van der Waals surface area (Å²) in [5.74, 6) is 4.08. The lowest BCUT2D eigenvalue weighted by molar-refractivity contribution is -0.151. The van der Waals surface area contributed by atoms with Crippen LogP contribution in [0.4, 0.5) is 0 Å². The van der Waals surface area contributed by atoms with Crippen LogP contribution in [0.3, 0.4) is 0 Å². The molecule has 4 aliphatic carbocycles. The number of rotatable bonds is 4. The molecule has 1 aromatic rings. The topological polar surface area (TPSA) is 64.4 Å². The number of methoxy groups -OCH3 is 1. The number of aromatic nitrogens is 2. The first-order valence-corrected chi connectivity index (χ1v) is 12.5. The van der Waals surface area contributed by atoms with Crippen LogP contribution in [0.5, 0.6) is 5.75 Å². The molecule has 1 heterocycles. The maximum Gasteiger partial charge on any atom is 0.157 e. The van der Waals surface area contributed by atoms with Crippen LogP contribution >= 0.6 is 0 Å². The second-order valence-corrected chi connectivity index (χ2v) is 12.1. The molecule has 31 heavy (non-hydrogen) atoms. The number of ether oxygens (including phenoxy) is 1. The van der Waals surface area contributed by atoms with Crippen molar-refractivity contribution in [3.63, 3.8) is 0 Å². The van der Waals surface area contributed by atoms with E-state index in [0.717, 1.165) is 31.1 Å². The van der Waals surface area contributed by atoms with Crippen molar-refractivity contribution < 1.29 is 14.6 Å². The summed E-state index contributed by atoms with van der Waals surface area (Å²) in [5, 5.41) is 15.0. The number of ketones is 1. The SMILES string of the molecule is COc1cnn(CC(=O)[C@H]2CC[C@H]3[C@@H]4CC[C@H]5C[C@](C)(O)CC[C@]5(C)[C@H]4CC[C@]23C)c1. The number of fused-ring (bicyclic) bond motifs is 5. The van der Waals surface area contributed by atoms with Gasteiger partial charge in [-0.15, -0.1) is 0 Å². The van der Waals surface area contributed by atoms with Gasteiger partial charge < -0.3 is 9.84 Å². The minimum absolute atomic E-state index is 0.138. The lowest BCUT2D eigenvalue weighted by atomic mass is 9.44. The highest BCUT2D eigenvalue weighted by molar-refractivity contribution is 5.82. The standard InChI is InChI=1S/C26H40N2O3/c1-24(30)11-12-25(2)17(13-24)5-6-19-20-7-8-22(26(20,3)10-9-21(19)25)23(29)16-28-15-18(31-4)14-27-28/h14-15,17,19-22,30H,5-13,16H2,1-4H3/t17-,19-,20-,21-,22+,24+,25-,26-/m0/s1. The Morgan fingerprint density at radius 2 is 1.87 bits per heavy atom. The average Bonchev–Trinajstić information content (AvgIpc) is 3.31. The fourth-order valence-electron chi connectivity index (χ4n) is 8.77. The fraction of sp³-hybridized carbons (Fsp3) is 0.846. The predicted octanol–water partition coefficient (Wildman–Crippen LogP) is 4.87. The van der Waals surface area contributed by atoms with Gasteiger partial charge in [-0.25, -0.2) is 0 Å². The van der Waals surface area contributed by atoms with Crippen LogP contribution in [0.25, 0.3) is 0 Å². The van der Waals surface area contributed by atoms with Crippen molar-refractivity contribution >= 4 is 5.78 Å². The van der Waals surface area contributed by atoms with Crippen molar-refractivity contribution in [3.05, 3.63) is 12.4 Å². The van der Waals surface area contributed by atoms with Crippen molar-refractivity contribution in [1.82, 2.24) is 9.78 Å². The van der Waals surface area contributed by atoms with Crippen molar-refractivity contribution in [2.24, 2.45) is 40.4 Å². The van der Waals surface area contributed by atoms with Crippen LogP contribution < -0.4 is 4.74 Å². The van der Waals surface area contributed by atoms with Crippen LogP contribution in [0.2, 0.25) is 0 Å². The lowest BCUT2D eigenvalue weighted by Gasteiger charge is -2.61. The van der Waals surface area contributed by atoms with Crippen molar-refractivity contribution in [2.45, 2.75) is 90.7 Å². The molecule has 5 nitrogen and oxygen atoms in total. The first-order valence-electron chi connectivity index (χ1n) is 12.5. The smallest absolute Gasteiger partial charge is 0.157 e. The molecular weight excluding hydrogens is 388 g/mol. The molecule has 0 amide bonds. The molecule has 1 aromatic heterocycles. The van der Waals surface area contributed by atoms with Gasteiger partial charge in [0.1, 0.15) is 0 Å². The average molecular weight is 429 g/mol. The van der Waals surface area contributed by atoms with Gasteiger partial charge in [0.25, 0.3) is 0 Å². The van der Waals surface area contributed by atoms with E-state index in [-0.39, 0.29) is 11.3 Å². The van der Waals surface area contributed by atoms with Gasteiger partial charge in [-0.05, 0) is 99.2 Å². The molecule has 4 aliphatic rings. The summed E-state index contributed by atoms with van der Waals surface area (Å²) in [6, 6.07) is 0. The van der Waals surface area contributed by atoms with Crippen LogP contribution in [-0.4, -0.2) is 33.4 Å². The number of aliphatic hydroxyl groups is 1. The molecule has 1 N–H and O–H groups in total. The lowest BCUT2D eigenvalue weighted by Crippen LogP contribution is -2.55. The first kappa shape index (κ1) is 21.5. The quantitative estimate of drug-likeness (QED) is 0.743. The van der Waals surface area contributed by atoms with Crippen LogP contribution in [0.1, 0.15) is 78.6 Å². The Morgan fingerprint density at radius 3 is 2.61 bits per heavy atom. The van der Waals surface area contributed by atoms with E-state index in [1.165, 1.54) is 38.5 Å². The molecule has 5 heteroatoms. The minimum Gasteiger partial charge on any atom is -0.493 e. The van der Waals surface area contributed by atoms with E-state index in [2.05, 4.69) is 18.9 Å². The van der Waals surface area contributed by atoms with Crippen molar-refractivity contribution in [2.75, 3.05) is 7.11 Å². The monoisotopic (exact) mass is 428 g/mol. The molecule has 4 saturated carbocycles. The van der Waals surface area contributed by atoms with Crippen LogP contribution in [-0.2, 0) is 11.3 Å². The molecule has 5 rings (SSSR count). The number of carbonyl (C=O) groups is 1. The molecule has 0 aromatic carbocycles. The van der Waals surface area contributed by atoms with E-state index in [0.29, 0.717) is 35.3 Å². The van der Waals surface area contributed by atoms with Gasteiger partial charge in [0, 0.05) is 5.92 Å². The van der Waals surface area contributed by atoms with E-state index < -0.39 is 5.60 Å². The van der Waals surface area contributed by atoms with E-state index in [4.69, 9.17) is 4.74 Å². The molecule has 0 aliphatic heterocycles. The van der Waals surface area contributed by atoms with Crippen molar-refractivity contribution in [3.8, 4) is 5.75 Å². The Bertz CT molecular complexity index is 847. The zero-order valence-electron chi connectivity index (χ0n) is 19.8. The van der Waals surface area contributed by atoms with Gasteiger partial charge in [-0.1, -0.05) is 13.8 Å². The summed E-state index contributed by atoms with van der Waals surface area (Å²) >= 11 is 0. The van der Waals surface area contributed by atoms with E-state index >= 15 is 0 Å². The highest BCUT2D eigenvalue weighted by atomic mass is 16.5. The van der Waals surface area contributed by atoms with Gasteiger partial charge in [0.15, 0.2) is 11.5 Å². The van der Waals surface area contributed by atoms with Crippen LogP contribution in [0, 0.1) is 40.4 Å². The molecular formula is C26H40N2O3. The number of hydrogen-bond donors (Lipinski definition) is 1. The van der Waals surface area contributed by atoms with Gasteiger partial charge in [-0.2, -0.15) is 5.10 Å². The highest BCUT2D eigenvalue weighted by Crippen LogP contribution is 2.68. The summed E-state index contributed by atoms with van der Waals surface area (Å²) in [6.07, 6.45) is 13.8. The summed E-state index contributed by atoms with van der Waals surface area (Å²) in [4.78, 5) is 13.4. The molecule has 8 atom stereocenters. The molecule has 0 saturated heterocycles. The molecule has 0 radical (unpaired) electrons. The number of Topliss-reactive ketones (excluding diaryl/α,β-unsaturated/α-hetero) is 1. The second-order valence-electron chi connectivity index (χ2n) is 12.1. The third-order valence-electron chi connectivity index (χ3n) is 10.5. The third kappa shape index (κ3) is 3.37. The Hall–Kier alpha value is -1.36. The highest BCUT2D eigenvalue weighted by Gasteiger charge is 2.61. The van der Waals surface area contributed by atoms with Gasteiger partial charge >= 0.3 is 0 Å². The Balaban J connectivity index is 1.33. The molecule has 172 valence electrons. The normalized spacial score (nSPS) is 46.7. The summed E-state index contributed by atoms with van der Waals surface area (Å²) in [7, 11) is 1.63. The van der Waals surface area contributed by atoms with E-state index in [1.807, 2.05) is 13.1 Å². The maximum atomic E-state index is 13.4. The predicted molar refractivity (Wildman–Crippen MR) is 120 cm³/mol. The number of nitrogens with zero attached hydrogens (tertiary/aromatic N) is 2. The fourth-order valence-corrected chi connectivity index (χ4v) is 8.77.